The van der Waals surface area contributed by atoms with Crippen molar-refractivity contribution in [2.75, 3.05) is 23.8 Å². The second kappa shape index (κ2) is 7.35. The highest BCUT2D eigenvalue weighted by molar-refractivity contribution is 6.05. The van der Waals surface area contributed by atoms with Crippen LogP contribution in [-0.2, 0) is 13.0 Å². The summed E-state index contributed by atoms with van der Waals surface area (Å²) in [5.41, 5.74) is 8.82. The SMILES string of the molecule is CN1CCc2nc(-n3ncc4c(C(N)=O)cc(F)cc43)nc(NCc3ccccc3)c21. The molecular formula is C22H20FN7O. The molecule has 0 aliphatic carbocycles. The Labute approximate surface area is 177 Å². The Morgan fingerprint density at radius 3 is 2.81 bits per heavy atom. The van der Waals surface area contributed by atoms with Crippen LogP contribution in [0.2, 0.25) is 0 Å². The minimum atomic E-state index is -0.717. The molecule has 31 heavy (non-hydrogen) atoms. The molecule has 156 valence electrons. The van der Waals surface area contributed by atoms with Crippen LogP contribution in [0.4, 0.5) is 15.9 Å². The highest BCUT2D eigenvalue weighted by atomic mass is 19.1. The molecule has 3 heterocycles. The molecule has 0 bridgehead atoms. The molecule has 2 aromatic heterocycles. The van der Waals surface area contributed by atoms with Crippen LogP contribution in [-0.4, -0.2) is 39.2 Å². The number of aromatic nitrogens is 4. The molecule has 5 rings (SSSR count). The molecule has 0 saturated heterocycles. The Morgan fingerprint density at radius 1 is 1.23 bits per heavy atom. The summed E-state index contributed by atoms with van der Waals surface area (Å²) < 4.78 is 15.6. The van der Waals surface area contributed by atoms with Gasteiger partial charge in [-0.15, -0.1) is 0 Å². The maximum Gasteiger partial charge on any atom is 0.253 e. The largest absolute Gasteiger partial charge is 0.370 e. The third kappa shape index (κ3) is 3.33. The summed E-state index contributed by atoms with van der Waals surface area (Å²) >= 11 is 0. The van der Waals surface area contributed by atoms with Gasteiger partial charge in [-0.05, 0) is 11.6 Å². The Morgan fingerprint density at radius 2 is 2.03 bits per heavy atom. The second-order valence-corrected chi connectivity index (χ2v) is 7.48. The van der Waals surface area contributed by atoms with Crippen molar-refractivity contribution in [3.63, 3.8) is 0 Å². The van der Waals surface area contributed by atoms with E-state index in [1.165, 1.54) is 16.9 Å². The van der Waals surface area contributed by atoms with Crippen molar-refractivity contribution < 1.29 is 9.18 Å². The topological polar surface area (TPSA) is 102 Å². The van der Waals surface area contributed by atoms with Crippen molar-refractivity contribution in [1.82, 2.24) is 19.7 Å². The number of halogens is 1. The lowest BCUT2D eigenvalue weighted by atomic mass is 10.1. The van der Waals surface area contributed by atoms with Crippen molar-refractivity contribution in [1.29, 1.82) is 0 Å². The van der Waals surface area contributed by atoms with Crippen LogP contribution in [0.1, 0.15) is 21.6 Å². The van der Waals surface area contributed by atoms with Gasteiger partial charge in [0.25, 0.3) is 5.95 Å². The number of hydrogen-bond donors (Lipinski definition) is 2. The first kappa shape index (κ1) is 19.0. The summed E-state index contributed by atoms with van der Waals surface area (Å²) in [7, 11) is 2.00. The van der Waals surface area contributed by atoms with Crippen LogP contribution in [0.15, 0.2) is 48.7 Å². The van der Waals surface area contributed by atoms with Gasteiger partial charge in [0.05, 0.1) is 23.0 Å². The van der Waals surface area contributed by atoms with E-state index >= 15 is 0 Å². The van der Waals surface area contributed by atoms with Crippen LogP contribution in [0, 0.1) is 5.82 Å². The number of nitrogens with zero attached hydrogens (tertiary/aromatic N) is 5. The molecule has 0 unspecified atom stereocenters. The first-order valence-electron chi connectivity index (χ1n) is 9.88. The van der Waals surface area contributed by atoms with E-state index in [0.717, 1.165) is 36.0 Å². The number of likely N-dealkylation sites (N-methyl/N-ethyl adjacent to an activating group) is 1. The summed E-state index contributed by atoms with van der Waals surface area (Å²) in [6, 6.07) is 12.4. The number of rotatable bonds is 5. The van der Waals surface area contributed by atoms with E-state index in [1.54, 1.807) is 0 Å². The number of carbonyl (C=O) groups excluding carboxylic acids is 1. The highest BCUT2D eigenvalue weighted by Crippen LogP contribution is 2.33. The molecule has 1 amide bonds. The predicted octanol–water partition coefficient (Wildman–Crippen LogP) is 2.66. The van der Waals surface area contributed by atoms with Gasteiger partial charge in [-0.2, -0.15) is 14.8 Å². The van der Waals surface area contributed by atoms with E-state index in [1.807, 2.05) is 37.4 Å². The minimum Gasteiger partial charge on any atom is -0.370 e. The number of anilines is 2. The standard InChI is InChI=1S/C22H20FN7O/c1-29-8-7-17-19(29)21(25-11-13-5-3-2-4-6-13)28-22(27-17)30-18-10-14(23)9-15(20(24)31)16(18)12-26-30/h2-6,9-10,12H,7-8,11H2,1H3,(H2,24,31)(H,25,27,28). The fourth-order valence-corrected chi connectivity index (χ4v) is 3.90. The van der Waals surface area contributed by atoms with Crippen molar-refractivity contribution in [2.24, 2.45) is 5.73 Å². The van der Waals surface area contributed by atoms with E-state index < -0.39 is 11.7 Å². The number of amides is 1. The van der Waals surface area contributed by atoms with Gasteiger partial charge in [0, 0.05) is 38.0 Å². The Balaban J connectivity index is 1.61. The van der Waals surface area contributed by atoms with E-state index in [9.17, 15) is 9.18 Å². The average Bonchev–Trinajstić information content (AvgIpc) is 3.35. The monoisotopic (exact) mass is 417 g/mol. The number of benzene rings is 2. The molecule has 0 atom stereocenters. The van der Waals surface area contributed by atoms with Gasteiger partial charge in [0.1, 0.15) is 11.5 Å². The number of primary amides is 1. The molecule has 8 nitrogen and oxygen atoms in total. The van der Waals surface area contributed by atoms with Crippen molar-refractivity contribution >= 4 is 28.3 Å². The van der Waals surface area contributed by atoms with Gasteiger partial charge in [-0.3, -0.25) is 4.79 Å². The Hall–Kier alpha value is -4.01. The molecule has 2 aromatic carbocycles. The summed E-state index contributed by atoms with van der Waals surface area (Å²) in [4.78, 5) is 23.2. The van der Waals surface area contributed by atoms with Crippen LogP contribution in [0.3, 0.4) is 0 Å². The molecule has 0 saturated carbocycles. The third-order valence-electron chi connectivity index (χ3n) is 5.42. The lowest BCUT2D eigenvalue weighted by Gasteiger charge is -2.17. The second-order valence-electron chi connectivity index (χ2n) is 7.48. The van der Waals surface area contributed by atoms with E-state index in [-0.39, 0.29) is 5.56 Å². The summed E-state index contributed by atoms with van der Waals surface area (Å²) in [5, 5.41) is 8.18. The fourth-order valence-electron chi connectivity index (χ4n) is 3.90. The summed E-state index contributed by atoms with van der Waals surface area (Å²) in [6.07, 6.45) is 2.25. The van der Waals surface area contributed by atoms with Crippen LogP contribution in [0.5, 0.6) is 0 Å². The number of nitrogens with two attached hydrogens (primary N) is 1. The van der Waals surface area contributed by atoms with E-state index in [4.69, 9.17) is 10.7 Å². The third-order valence-corrected chi connectivity index (χ3v) is 5.42. The quantitative estimate of drug-likeness (QED) is 0.518. The van der Waals surface area contributed by atoms with E-state index in [0.29, 0.717) is 29.2 Å². The zero-order valence-electron chi connectivity index (χ0n) is 16.8. The lowest BCUT2D eigenvalue weighted by Crippen LogP contribution is -2.16. The maximum absolute atomic E-state index is 14.2. The highest BCUT2D eigenvalue weighted by Gasteiger charge is 2.25. The summed E-state index contributed by atoms with van der Waals surface area (Å²) in [6.45, 7) is 1.42. The van der Waals surface area contributed by atoms with Crippen molar-refractivity contribution in [2.45, 2.75) is 13.0 Å². The molecule has 1 aliphatic heterocycles. The molecular weight excluding hydrogens is 397 g/mol. The molecule has 4 aromatic rings. The predicted molar refractivity (Wildman–Crippen MR) is 116 cm³/mol. The van der Waals surface area contributed by atoms with Gasteiger partial charge >= 0.3 is 0 Å². The number of fused-ring (bicyclic) bond motifs is 2. The zero-order valence-corrected chi connectivity index (χ0v) is 16.8. The smallest absolute Gasteiger partial charge is 0.253 e. The van der Waals surface area contributed by atoms with Crippen LogP contribution < -0.4 is 16.0 Å². The summed E-state index contributed by atoms with van der Waals surface area (Å²) in [5.74, 6) is -0.309. The van der Waals surface area contributed by atoms with Crippen molar-refractivity contribution in [3.05, 3.63) is 71.3 Å². The lowest BCUT2D eigenvalue weighted by molar-refractivity contribution is 0.100. The molecule has 0 radical (unpaired) electrons. The number of nitrogens with one attached hydrogen (secondary N) is 1. The number of hydrogen-bond acceptors (Lipinski definition) is 6. The van der Waals surface area contributed by atoms with Gasteiger partial charge in [0.2, 0.25) is 5.91 Å². The van der Waals surface area contributed by atoms with Gasteiger partial charge in [-0.1, -0.05) is 30.3 Å². The molecule has 3 N–H and O–H groups in total. The van der Waals surface area contributed by atoms with Crippen LogP contribution >= 0.6 is 0 Å². The van der Waals surface area contributed by atoms with Crippen LogP contribution in [0.25, 0.3) is 16.9 Å². The molecule has 0 fully saturated rings. The van der Waals surface area contributed by atoms with Gasteiger partial charge in [0.15, 0.2) is 5.82 Å². The van der Waals surface area contributed by atoms with E-state index in [2.05, 4.69) is 20.3 Å². The normalized spacial score (nSPS) is 12.9. The molecule has 0 spiro atoms. The molecule has 9 heteroatoms. The van der Waals surface area contributed by atoms with Gasteiger partial charge in [-0.25, -0.2) is 9.37 Å². The minimum absolute atomic E-state index is 0.0737. The maximum atomic E-state index is 14.2. The first-order valence-corrected chi connectivity index (χ1v) is 9.88. The number of carbonyl (C=O) groups is 1. The Bertz CT molecular complexity index is 1300. The average molecular weight is 417 g/mol. The Kier molecular flexibility index (Phi) is 4.50. The molecule has 1 aliphatic rings. The van der Waals surface area contributed by atoms with Gasteiger partial charge < -0.3 is 16.0 Å². The fraction of sp³-hybridized carbons (Fsp3) is 0.182. The zero-order chi connectivity index (χ0) is 21.5. The first-order chi connectivity index (χ1) is 15.0. The van der Waals surface area contributed by atoms with Crippen molar-refractivity contribution in [3.8, 4) is 5.95 Å².